The summed E-state index contributed by atoms with van der Waals surface area (Å²) in [4.78, 5) is 19.7. The number of rotatable bonds is 6. The Bertz CT molecular complexity index is 1050. The second kappa shape index (κ2) is 9.43. The lowest BCUT2D eigenvalue weighted by Gasteiger charge is -2.31. The number of aromatic nitrogens is 1. The summed E-state index contributed by atoms with van der Waals surface area (Å²) in [7, 11) is 0. The molecule has 1 aromatic heterocycles. The number of hydrogen-bond donors (Lipinski definition) is 1. The summed E-state index contributed by atoms with van der Waals surface area (Å²) in [5, 5.41) is 2.99. The molecule has 0 spiro atoms. The summed E-state index contributed by atoms with van der Waals surface area (Å²) in [6.07, 6.45) is 1.84. The first kappa shape index (κ1) is 21.2. The molecule has 1 fully saturated rings. The smallest absolute Gasteiger partial charge is 0.226 e. The van der Waals surface area contributed by atoms with Crippen molar-refractivity contribution in [2.45, 2.75) is 39.8 Å². The number of aryl methyl sites for hydroxylation is 2. The molecular weight excluding hydrogens is 393 g/mol. The maximum atomic E-state index is 13.0. The molecule has 5 nitrogen and oxygen atoms in total. The molecule has 0 bridgehead atoms. The van der Waals surface area contributed by atoms with E-state index >= 15 is 0 Å². The van der Waals surface area contributed by atoms with E-state index in [1.165, 1.54) is 17.7 Å². The Labute approximate surface area is 182 Å². The fourth-order valence-corrected chi connectivity index (χ4v) is 4.04. The maximum absolute atomic E-state index is 13.0. The van der Waals surface area contributed by atoms with Gasteiger partial charge in [-0.2, -0.15) is 0 Å². The summed E-state index contributed by atoms with van der Waals surface area (Å²) in [6.45, 7) is 6.71. The Hall–Kier alpha value is -2.99. The highest BCUT2D eigenvalue weighted by Crippen LogP contribution is 2.25. The van der Waals surface area contributed by atoms with Crippen LogP contribution < -0.4 is 5.32 Å². The van der Waals surface area contributed by atoms with Crippen LogP contribution in [0.15, 0.2) is 52.9 Å². The molecule has 1 amide bonds. The molecule has 4 rings (SSSR count). The van der Waals surface area contributed by atoms with E-state index in [9.17, 15) is 9.18 Å². The number of piperidine rings is 1. The fraction of sp³-hybridized carbons (Fsp3) is 0.360. The highest BCUT2D eigenvalue weighted by atomic mass is 19.1. The zero-order valence-electron chi connectivity index (χ0n) is 18.0. The van der Waals surface area contributed by atoms with Gasteiger partial charge >= 0.3 is 0 Å². The van der Waals surface area contributed by atoms with Gasteiger partial charge in [0.1, 0.15) is 11.6 Å². The van der Waals surface area contributed by atoms with Crippen LogP contribution >= 0.6 is 0 Å². The van der Waals surface area contributed by atoms with E-state index in [1.54, 1.807) is 12.1 Å². The zero-order valence-corrected chi connectivity index (χ0v) is 18.0. The topological polar surface area (TPSA) is 58.4 Å². The van der Waals surface area contributed by atoms with Crippen LogP contribution in [0.2, 0.25) is 0 Å². The van der Waals surface area contributed by atoms with E-state index in [0.717, 1.165) is 42.0 Å². The number of hydrogen-bond acceptors (Lipinski definition) is 4. The van der Waals surface area contributed by atoms with Crippen LogP contribution in [-0.4, -0.2) is 28.9 Å². The Morgan fingerprint density at radius 1 is 1.23 bits per heavy atom. The van der Waals surface area contributed by atoms with Crippen molar-refractivity contribution in [2.24, 2.45) is 5.92 Å². The van der Waals surface area contributed by atoms with E-state index < -0.39 is 0 Å². The van der Waals surface area contributed by atoms with Crippen LogP contribution in [0.25, 0.3) is 11.5 Å². The average molecular weight is 422 g/mol. The van der Waals surface area contributed by atoms with Gasteiger partial charge in [-0.1, -0.05) is 29.8 Å². The number of carbonyl (C=O) groups excluding carboxylic acids is 1. The second-order valence-corrected chi connectivity index (χ2v) is 8.31. The molecule has 31 heavy (non-hydrogen) atoms. The highest BCUT2D eigenvalue weighted by molar-refractivity contribution is 5.79. The van der Waals surface area contributed by atoms with Crippen LogP contribution in [0.5, 0.6) is 0 Å². The summed E-state index contributed by atoms with van der Waals surface area (Å²) < 4.78 is 19.0. The predicted molar refractivity (Wildman–Crippen MR) is 118 cm³/mol. The SMILES string of the molecule is Cc1cccc(-c2nc(CN3CCCC(C(=O)NCc4ccc(F)cc4)C3)c(C)o2)c1. The van der Waals surface area contributed by atoms with Crippen molar-refractivity contribution in [1.82, 2.24) is 15.2 Å². The first-order valence-electron chi connectivity index (χ1n) is 10.8. The average Bonchev–Trinajstić information content (AvgIpc) is 3.13. The molecule has 1 atom stereocenters. The minimum absolute atomic E-state index is 0.0475. The summed E-state index contributed by atoms with van der Waals surface area (Å²) in [5.41, 5.74) is 3.96. The van der Waals surface area contributed by atoms with E-state index in [4.69, 9.17) is 9.40 Å². The van der Waals surface area contributed by atoms with Crippen LogP contribution in [0, 0.1) is 25.6 Å². The molecule has 1 aliphatic heterocycles. The minimum Gasteiger partial charge on any atom is -0.441 e. The largest absolute Gasteiger partial charge is 0.441 e. The normalized spacial score (nSPS) is 16.9. The molecular formula is C25H28FN3O2. The highest BCUT2D eigenvalue weighted by Gasteiger charge is 2.27. The van der Waals surface area contributed by atoms with E-state index in [2.05, 4.69) is 29.3 Å². The van der Waals surface area contributed by atoms with Crippen LogP contribution in [-0.2, 0) is 17.9 Å². The molecule has 1 saturated heterocycles. The lowest BCUT2D eigenvalue weighted by molar-refractivity contribution is -0.127. The third kappa shape index (κ3) is 5.39. The number of nitrogens with zero attached hydrogens (tertiary/aromatic N) is 2. The number of oxazole rings is 1. The van der Waals surface area contributed by atoms with Gasteiger partial charge in [-0.05, 0) is 63.1 Å². The van der Waals surface area contributed by atoms with Gasteiger partial charge in [0, 0.05) is 25.2 Å². The number of amides is 1. The van der Waals surface area contributed by atoms with Crippen molar-refractivity contribution < 1.29 is 13.6 Å². The van der Waals surface area contributed by atoms with Gasteiger partial charge in [0.25, 0.3) is 0 Å². The third-order valence-corrected chi connectivity index (χ3v) is 5.79. The zero-order chi connectivity index (χ0) is 21.8. The standard InChI is InChI=1S/C25H28FN3O2/c1-17-5-3-6-20(13-17)25-28-23(18(2)31-25)16-29-12-4-7-21(15-29)24(30)27-14-19-8-10-22(26)11-9-19/h3,5-6,8-11,13,21H,4,7,12,14-16H2,1-2H3,(H,27,30). The van der Waals surface area contributed by atoms with Crippen LogP contribution in [0.3, 0.4) is 0 Å². The number of carbonyl (C=O) groups is 1. The molecule has 162 valence electrons. The van der Waals surface area contributed by atoms with E-state index in [-0.39, 0.29) is 17.6 Å². The molecule has 0 saturated carbocycles. The van der Waals surface area contributed by atoms with Gasteiger partial charge in [-0.3, -0.25) is 9.69 Å². The lowest BCUT2D eigenvalue weighted by atomic mass is 9.97. The van der Waals surface area contributed by atoms with Gasteiger partial charge in [0.05, 0.1) is 11.6 Å². The van der Waals surface area contributed by atoms with Crippen molar-refractivity contribution >= 4 is 5.91 Å². The van der Waals surface area contributed by atoms with Gasteiger partial charge in [0.15, 0.2) is 0 Å². The molecule has 0 aliphatic carbocycles. The minimum atomic E-state index is -0.272. The second-order valence-electron chi connectivity index (χ2n) is 8.31. The molecule has 1 aliphatic rings. The lowest BCUT2D eigenvalue weighted by Crippen LogP contribution is -2.42. The van der Waals surface area contributed by atoms with E-state index in [1.807, 2.05) is 19.1 Å². The van der Waals surface area contributed by atoms with E-state index in [0.29, 0.717) is 25.5 Å². The fourth-order valence-electron chi connectivity index (χ4n) is 4.04. The predicted octanol–water partition coefficient (Wildman–Crippen LogP) is 4.63. The van der Waals surface area contributed by atoms with Gasteiger partial charge in [-0.25, -0.2) is 9.37 Å². The number of benzene rings is 2. The first-order valence-corrected chi connectivity index (χ1v) is 10.8. The van der Waals surface area contributed by atoms with Crippen molar-refractivity contribution in [2.75, 3.05) is 13.1 Å². The molecule has 0 radical (unpaired) electrons. The Morgan fingerprint density at radius 2 is 2.03 bits per heavy atom. The van der Waals surface area contributed by atoms with Crippen molar-refractivity contribution in [1.29, 1.82) is 0 Å². The number of likely N-dealkylation sites (tertiary alicyclic amines) is 1. The monoisotopic (exact) mass is 421 g/mol. The quantitative estimate of drug-likeness (QED) is 0.631. The van der Waals surface area contributed by atoms with Crippen molar-refractivity contribution in [3.63, 3.8) is 0 Å². The molecule has 1 N–H and O–H groups in total. The number of halogens is 1. The van der Waals surface area contributed by atoms with Gasteiger partial charge in [-0.15, -0.1) is 0 Å². The molecule has 2 heterocycles. The van der Waals surface area contributed by atoms with Crippen LogP contribution in [0.1, 0.15) is 35.4 Å². The van der Waals surface area contributed by atoms with Gasteiger partial charge in [0.2, 0.25) is 11.8 Å². The molecule has 2 aromatic carbocycles. The number of nitrogens with one attached hydrogen (secondary N) is 1. The first-order chi connectivity index (χ1) is 15.0. The van der Waals surface area contributed by atoms with Crippen LogP contribution in [0.4, 0.5) is 4.39 Å². The summed E-state index contributed by atoms with van der Waals surface area (Å²) in [5.74, 6) is 1.18. The Balaban J connectivity index is 1.35. The van der Waals surface area contributed by atoms with Gasteiger partial charge < -0.3 is 9.73 Å². The summed E-state index contributed by atoms with van der Waals surface area (Å²) in [6, 6.07) is 14.3. The van der Waals surface area contributed by atoms with Crippen molar-refractivity contribution in [3.8, 4) is 11.5 Å². The maximum Gasteiger partial charge on any atom is 0.226 e. The third-order valence-electron chi connectivity index (χ3n) is 5.79. The molecule has 6 heteroatoms. The molecule has 1 unspecified atom stereocenters. The Kier molecular flexibility index (Phi) is 6.47. The molecule has 3 aromatic rings. The Morgan fingerprint density at radius 3 is 2.81 bits per heavy atom. The van der Waals surface area contributed by atoms with Crippen molar-refractivity contribution in [3.05, 3.63) is 76.9 Å². The summed E-state index contributed by atoms with van der Waals surface area (Å²) >= 11 is 0.